The maximum absolute atomic E-state index is 13.2. The molecule has 1 spiro atoms. The van der Waals surface area contributed by atoms with E-state index in [1.165, 1.54) is 4.68 Å². The summed E-state index contributed by atoms with van der Waals surface area (Å²) in [6, 6.07) is 2.14. The minimum atomic E-state index is -3.51. The normalized spacial score (nSPS) is 25.8. The Kier molecular flexibility index (Phi) is 5.56. The van der Waals surface area contributed by atoms with Gasteiger partial charge in [-0.3, -0.25) is 9.58 Å². The Morgan fingerprint density at radius 1 is 1.36 bits per heavy atom. The minimum absolute atomic E-state index is 0.191. The molecule has 1 aliphatic carbocycles. The molecule has 9 heteroatoms. The molecule has 0 aromatic carbocycles. The van der Waals surface area contributed by atoms with Gasteiger partial charge in [0, 0.05) is 51.8 Å². The first kappa shape index (κ1) is 20.3. The quantitative estimate of drug-likeness (QED) is 0.670. The van der Waals surface area contributed by atoms with Gasteiger partial charge in [0.05, 0.1) is 24.5 Å². The van der Waals surface area contributed by atoms with Gasteiger partial charge in [0.2, 0.25) is 0 Å². The van der Waals surface area contributed by atoms with Crippen molar-refractivity contribution < 1.29 is 17.9 Å². The van der Waals surface area contributed by atoms with Gasteiger partial charge in [-0.1, -0.05) is 0 Å². The van der Waals surface area contributed by atoms with E-state index in [2.05, 4.69) is 17.0 Å². The van der Waals surface area contributed by atoms with Crippen LogP contribution in [0.3, 0.4) is 0 Å². The molecule has 2 aliphatic heterocycles. The summed E-state index contributed by atoms with van der Waals surface area (Å²) in [7, 11) is 2.03. The predicted octanol–water partition coefficient (Wildman–Crippen LogP) is 1.19. The van der Waals surface area contributed by atoms with Crippen molar-refractivity contribution in [3.8, 4) is 0 Å². The topological polar surface area (TPSA) is 76.9 Å². The highest BCUT2D eigenvalue weighted by molar-refractivity contribution is 7.89. The van der Waals surface area contributed by atoms with E-state index >= 15 is 0 Å². The van der Waals surface area contributed by atoms with Gasteiger partial charge in [-0.25, -0.2) is 8.42 Å². The molecule has 2 saturated heterocycles. The lowest BCUT2D eigenvalue weighted by atomic mass is 9.88. The van der Waals surface area contributed by atoms with E-state index in [1.807, 2.05) is 0 Å². The Morgan fingerprint density at radius 2 is 2.07 bits per heavy atom. The van der Waals surface area contributed by atoms with Crippen LogP contribution in [0, 0.1) is 0 Å². The molecule has 3 aliphatic rings. The van der Waals surface area contributed by atoms with Crippen LogP contribution >= 0.6 is 0 Å². The highest BCUT2D eigenvalue weighted by atomic mass is 32.2. The third-order valence-corrected chi connectivity index (χ3v) is 8.51. The van der Waals surface area contributed by atoms with Gasteiger partial charge in [-0.15, -0.1) is 0 Å². The molecule has 4 rings (SSSR count). The van der Waals surface area contributed by atoms with Crippen molar-refractivity contribution in [1.29, 1.82) is 0 Å². The highest BCUT2D eigenvalue weighted by Crippen LogP contribution is 2.41. The number of rotatable bonds is 7. The molecule has 1 unspecified atom stereocenters. The first-order chi connectivity index (χ1) is 13.3. The van der Waals surface area contributed by atoms with Gasteiger partial charge in [-0.2, -0.15) is 9.40 Å². The van der Waals surface area contributed by atoms with Crippen LogP contribution in [0.4, 0.5) is 0 Å². The number of aromatic nitrogens is 2. The summed E-state index contributed by atoms with van der Waals surface area (Å²) in [5, 5.41) is 4.74. The molecule has 1 aromatic heterocycles. The summed E-state index contributed by atoms with van der Waals surface area (Å²) < 4.78 is 40.8. The smallest absolute Gasteiger partial charge is 0.260 e. The summed E-state index contributed by atoms with van der Waals surface area (Å²) in [5.74, 6) is 0.443. The van der Waals surface area contributed by atoms with Crippen molar-refractivity contribution in [1.82, 2.24) is 19.0 Å². The number of methoxy groups -OCH3 is 1. The lowest BCUT2D eigenvalue weighted by Gasteiger charge is -2.38. The zero-order chi connectivity index (χ0) is 19.9. The van der Waals surface area contributed by atoms with Crippen molar-refractivity contribution in [2.45, 2.75) is 54.7 Å². The number of likely N-dealkylation sites (N-methyl/N-ethyl adjacent to an activating group) is 1. The molecule has 3 heterocycles. The maximum atomic E-state index is 13.2. The molecule has 0 amide bonds. The van der Waals surface area contributed by atoms with Crippen LogP contribution in [0.5, 0.6) is 0 Å². The summed E-state index contributed by atoms with van der Waals surface area (Å²) in [5.41, 5.74) is 0.722. The Hall–Kier alpha value is -1.00. The van der Waals surface area contributed by atoms with E-state index in [-0.39, 0.29) is 5.60 Å². The van der Waals surface area contributed by atoms with E-state index in [9.17, 15) is 8.42 Å². The Bertz CT molecular complexity index is 797. The molecule has 3 fully saturated rings. The first-order valence-electron chi connectivity index (χ1n) is 10.2. The molecule has 0 radical (unpaired) electrons. The average molecular weight is 413 g/mol. The van der Waals surface area contributed by atoms with Crippen molar-refractivity contribution in [3.05, 3.63) is 11.8 Å². The number of aryl methyl sites for hydroxylation is 1. The Balaban J connectivity index is 1.39. The van der Waals surface area contributed by atoms with Crippen LogP contribution in [-0.2, 0) is 26.5 Å². The standard InChI is InChI=1S/C19H32N4O4S/c1-21(10-11-26-3)16-13-19(27-14-16)6-8-23(9-7-19)28(24,25)18-12-17(15-4-5-15)20-22(18)2/h12,15-16H,4-11,13-14H2,1-3H3. The van der Waals surface area contributed by atoms with Crippen LogP contribution in [0.2, 0.25) is 0 Å². The average Bonchev–Trinajstić information content (AvgIpc) is 3.33. The van der Waals surface area contributed by atoms with Gasteiger partial charge in [0.25, 0.3) is 10.0 Å². The molecular formula is C19H32N4O4S. The number of ether oxygens (including phenoxy) is 2. The zero-order valence-corrected chi connectivity index (χ0v) is 17.9. The number of sulfonamides is 1. The predicted molar refractivity (Wildman–Crippen MR) is 105 cm³/mol. The number of piperidine rings is 1. The first-order valence-corrected chi connectivity index (χ1v) is 11.7. The van der Waals surface area contributed by atoms with Crippen molar-refractivity contribution in [2.24, 2.45) is 7.05 Å². The van der Waals surface area contributed by atoms with Gasteiger partial charge >= 0.3 is 0 Å². The number of hydrogen-bond acceptors (Lipinski definition) is 6. The second-order valence-electron chi connectivity index (χ2n) is 8.53. The molecule has 158 valence electrons. The van der Waals surface area contributed by atoms with Gasteiger partial charge < -0.3 is 9.47 Å². The molecule has 1 aromatic rings. The molecule has 28 heavy (non-hydrogen) atoms. The lowest BCUT2D eigenvalue weighted by Crippen LogP contribution is -2.47. The Morgan fingerprint density at radius 3 is 2.71 bits per heavy atom. The lowest BCUT2D eigenvalue weighted by molar-refractivity contribution is -0.0317. The number of hydrogen-bond donors (Lipinski definition) is 0. The van der Waals surface area contributed by atoms with Crippen LogP contribution in [0.1, 0.15) is 43.7 Å². The Labute approximate surface area is 167 Å². The monoisotopic (exact) mass is 412 g/mol. The van der Waals surface area contributed by atoms with Crippen molar-refractivity contribution in [3.63, 3.8) is 0 Å². The minimum Gasteiger partial charge on any atom is -0.383 e. The second kappa shape index (κ2) is 7.68. The van der Waals surface area contributed by atoms with Crippen LogP contribution in [-0.4, -0.2) is 86.1 Å². The van der Waals surface area contributed by atoms with Gasteiger partial charge in [0.15, 0.2) is 5.03 Å². The van der Waals surface area contributed by atoms with Crippen LogP contribution in [0.25, 0.3) is 0 Å². The van der Waals surface area contributed by atoms with E-state index in [4.69, 9.17) is 9.47 Å². The number of nitrogens with zero attached hydrogens (tertiary/aromatic N) is 4. The molecule has 1 atom stereocenters. The molecule has 0 bridgehead atoms. The molecular weight excluding hydrogens is 380 g/mol. The fourth-order valence-corrected chi connectivity index (χ4v) is 6.00. The molecule has 0 N–H and O–H groups in total. The summed E-state index contributed by atoms with van der Waals surface area (Å²) in [6.07, 6.45) is 4.67. The van der Waals surface area contributed by atoms with E-state index < -0.39 is 10.0 Å². The molecule has 1 saturated carbocycles. The maximum Gasteiger partial charge on any atom is 0.260 e. The van der Waals surface area contributed by atoms with Crippen LogP contribution < -0.4 is 0 Å². The largest absolute Gasteiger partial charge is 0.383 e. The summed E-state index contributed by atoms with van der Waals surface area (Å²) in [6.45, 7) is 3.30. The van der Waals surface area contributed by atoms with E-state index in [1.54, 1.807) is 24.5 Å². The summed E-state index contributed by atoms with van der Waals surface area (Å²) >= 11 is 0. The van der Waals surface area contributed by atoms with Gasteiger partial charge in [0.1, 0.15) is 0 Å². The third kappa shape index (κ3) is 3.87. The van der Waals surface area contributed by atoms with Crippen LogP contribution in [0.15, 0.2) is 11.1 Å². The zero-order valence-electron chi connectivity index (χ0n) is 17.1. The van der Waals surface area contributed by atoms with E-state index in [0.717, 1.165) is 44.3 Å². The van der Waals surface area contributed by atoms with Crippen molar-refractivity contribution in [2.75, 3.05) is 47.0 Å². The highest BCUT2D eigenvalue weighted by Gasteiger charge is 2.46. The van der Waals surface area contributed by atoms with E-state index in [0.29, 0.717) is 43.3 Å². The van der Waals surface area contributed by atoms with Crippen molar-refractivity contribution >= 4 is 10.0 Å². The third-order valence-electron chi connectivity index (χ3n) is 6.55. The van der Waals surface area contributed by atoms with Gasteiger partial charge in [-0.05, 0) is 39.2 Å². The summed E-state index contributed by atoms with van der Waals surface area (Å²) in [4.78, 5) is 2.29. The SMILES string of the molecule is COCCN(C)C1COC2(CCN(S(=O)(=O)c3cc(C4CC4)nn3C)CC2)C1. The fraction of sp³-hybridized carbons (Fsp3) is 0.842. The fourth-order valence-electron chi connectivity index (χ4n) is 4.43. The second-order valence-corrected chi connectivity index (χ2v) is 10.4. The molecule has 8 nitrogen and oxygen atoms in total.